The van der Waals surface area contributed by atoms with Gasteiger partial charge in [0.15, 0.2) is 0 Å². The summed E-state index contributed by atoms with van der Waals surface area (Å²) in [6, 6.07) is 3.14. The van der Waals surface area contributed by atoms with Gasteiger partial charge in [-0.1, -0.05) is 11.6 Å². The highest BCUT2D eigenvalue weighted by Crippen LogP contribution is 2.36. The molecule has 0 aliphatic carbocycles. The molecule has 2 aromatic rings. The Hall–Kier alpha value is -1.69. The lowest BCUT2D eigenvalue weighted by Crippen LogP contribution is -2.06. The van der Waals surface area contributed by atoms with E-state index >= 15 is 0 Å². The summed E-state index contributed by atoms with van der Waals surface area (Å²) in [7, 11) is 0. The highest BCUT2D eigenvalue weighted by atomic mass is 35.5. The monoisotopic (exact) mass is 263 g/mol. The number of aromatic amines is 1. The fourth-order valence-electron chi connectivity index (χ4n) is 1.55. The summed E-state index contributed by atoms with van der Waals surface area (Å²) in [5.41, 5.74) is -1.57. The third-order valence-electron chi connectivity index (χ3n) is 2.23. The van der Waals surface area contributed by atoms with Crippen molar-refractivity contribution in [3.8, 4) is 0 Å². The molecular weight excluding hydrogens is 259 g/mol. The van der Waals surface area contributed by atoms with E-state index in [-0.39, 0.29) is 21.6 Å². The number of benzene rings is 1. The van der Waals surface area contributed by atoms with Crippen LogP contribution in [-0.2, 0) is 6.18 Å². The fraction of sp³-hybridized carbons (Fsp3) is 0.100. The van der Waals surface area contributed by atoms with Crippen LogP contribution in [0.1, 0.15) is 16.1 Å². The maximum Gasteiger partial charge on any atom is 0.418 e. The molecule has 90 valence electrons. The number of aromatic carboxylic acids is 1. The minimum absolute atomic E-state index is 0.0965. The molecule has 0 unspecified atom stereocenters. The average Bonchev–Trinajstić information content (AvgIpc) is 2.58. The van der Waals surface area contributed by atoms with Gasteiger partial charge in [-0.2, -0.15) is 13.2 Å². The molecule has 2 rings (SSSR count). The number of alkyl halides is 3. The Morgan fingerprint density at radius 3 is 2.47 bits per heavy atom. The lowest BCUT2D eigenvalue weighted by molar-refractivity contribution is -0.136. The van der Waals surface area contributed by atoms with Crippen molar-refractivity contribution in [1.82, 2.24) is 4.98 Å². The maximum absolute atomic E-state index is 12.7. The van der Waals surface area contributed by atoms with Gasteiger partial charge in [0, 0.05) is 10.4 Å². The van der Waals surface area contributed by atoms with Gasteiger partial charge in [-0.15, -0.1) is 0 Å². The summed E-state index contributed by atoms with van der Waals surface area (Å²) in [5.74, 6) is -1.33. The van der Waals surface area contributed by atoms with E-state index in [0.717, 1.165) is 12.1 Å². The molecule has 7 heteroatoms. The lowest BCUT2D eigenvalue weighted by atomic mass is 10.1. The van der Waals surface area contributed by atoms with Crippen LogP contribution in [0.2, 0.25) is 5.02 Å². The van der Waals surface area contributed by atoms with E-state index in [9.17, 15) is 18.0 Å². The van der Waals surface area contributed by atoms with Crippen molar-refractivity contribution >= 4 is 28.5 Å². The molecule has 2 N–H and O–H groups in total. The van der Waals surface area contributed by atoms with Gasteiger partial charge in [0.1, 0.15) is 5.69 Å². The first-order valence-electron chi connectivity index (χ1n) is 4.42. The maximum atomic E-state index is 12.7. The van der Waals surface area contributed by atoms with Crippen LogP contribution in [0.4, 0.5) is 13.2 Å². The molecule has 0 amide bonds. The summed E-state index contributed by atoms with van der Waals surface area (Å²) in [4.78, 5) is 12.9. The Bertz CT molecular complexity index is 603. The molecule has 0 saturated carbocycles. The summed E-state index contributed by atoms with van der Waals surface area (Å²) < 4.78 is 38.0. The first-order chi connectivity index (χ1) is 7.79. The van der Waals surface area contributed by atoms with Crippen molar-refractivity contribution in [2.75, 3.05) is 0 Å². The Labute approximate surface area is 97.8 Å². The van der Waals surface area contributed by atoms with Crippen LogP contribution in [0.3, 0.4) is 0 Å². The number of nitrogens with one attached hydrogen (secondary N) is 1. The normalized spacial score (nSPS) is 12.0. The van der Waals surface area contributed by atoms with Crippen LogP contribution in [-0.4, -0.2) is 16.1 Å². The first kappa shape index (κ1) is 11.8. The van der Waals surface area contributed by atoms with Gasteiger partial charge in [0.05, 0.1) is 11.1 Å². The van der Waals surface area contributed by atoms with Gasteiger partial charge < -0.3 is 10.1 Å². The highest BCUT2D eigenvalue weighted by Gasteiger charge is 2.34. The van der Waals surface area contributed by atoms with Gasteiger partial charge in [-0.05, 0) is 18.2 Å². The third kappa shape index (κ3) is 2.08. The molecule has 1 aromatic heterocycles. The number of carboxylic acid groups (broad SMARTS) is 1. The molecule has 17 heavy (non-hydrogen) atoms. The second-order valence-corrected chi connectivity index (χ2v) is 3.84. The Kier molecular flexibility index (Phi) is 2.54. The molecule has 0 aliphatic rings. The Morgan fingerprint density at radius 2 is 1.94 bits per heavy atom. The number of H-pyrrole nitrogens is 1. The highest BCUT2D eigenvalue weighted by molar-refractivity contribution is 6.31. The van der Waals surface area contributed by atoms with Crippen molar-refractivity contribution in [3.63, 3.8) is 0 Å². The van der Waals surface area contributed by atoms with Gasteiger partial charge in [-0.3, -0.25) is 0 Å². The summed E-state index contributed by atoms with van der Waals surface area (Å²) in [6.45, 7) is 0. The van der Waals surface area contributed by atoms with Crippen molar-refractivity contribution in [3.05, 3.63) is 34.5 Å². The van der Waals surface area contributed by atoms with E-state index in [1.54, 1.807) is 0 Å². The third-order valence-corrected chi connectivity index (χ3v) is 2.45. The molecule has 0 spiro atoms. The van der Waals surface area contributed by atoms with Crippen molar-refractivity contribution in [2.24, 2.45) is 0 Å². The van der Waals surface area contributed by atoms with E-state index < -0.39 is 17.7 Å². The number of hydrogen-bond acceptors (Lipinski definition) is 1. The second kappa shape index (κ2) is 3.66. The number of halogens is 4. The van der Waals surface area contributed by atoms with Crippen LogP contribution >= 0.6 is 11.6 Å². The molecule has 0 saturated heterocycles. The summed E-state index contributed by atoms with van der Waals surface area (Å²) in [5, 5.41) is 8.72. The molecule has 0 aliphatic heterocycles. The van der Waals surface area contributed by atoms with E-state index in [0.29, 0.717) is 0 Å². The van der Waals surface area contributed by atoms with Crippen molar-refractivity contribution in [1.29, 1.82) is 0 Å². The van der Waals surface area contributed by atoms with E-state index in [1.807, 2.05) is 0 Å². The molecule has 3 nitrogen and oxygen atoms in total. The smallest absolute Gasteiger partial charge is 0.418 e. The molecule has 0 fully saturated rings. The zero-order chi connectivity index (χ0) is 12.8. The van der Waals surface area contributed by atoms with E-state index in [1.165, 1.54) is 6.07 Å². The Morgan fingerprint density at radius 1 is 1.29 bits per heavy atom. The second-order valence-electron chi connectivity index (χ2n) is 3.40. The lowest BCUT2D eigenvalue weighted by Gasteiger charge is -2.08. The van der Waals surface area contributed by atoms with Crippen LogP contribution in [0, 0.1) is 0 Å². The molecule has 0 atom stereocenters. The fourth-order valence-corrected chi connectivity index (χ4v) is 1.77. The molecule has 1 aromatic carbocycles. The number of fused-ring (bicyclic) bond motifs is 1. The summed E-state index contributed by atoms with van der Waals surface area (Å²) >= 11 is 5.56. The average molecular weight is 264 g/mol. The van der Waals surface area contributed by atoms with Gasteiger partial charge >= 0.3 is 12.1 Å². The van der Waals surface area contributed by atoms with Crippen LogP contribution < -0.4 is 0 Å². The number of carboxylic acids is 1. The number of carbonyl (C=O) groups is 1. The molecule has 0 radical (unpaired) electrons. The molecule has 1 heterocycles. The Balaban J connectivity index is 2.79. The zero-order valence-electron chi connectivity index (χ0n) is 8.10. The zero-order valence-corrected chi connectivity index (χ0v) is 8.86. The number of rotatable bonds is 1. The van der Waals surface area contributed by atoms with Crippen molar-refractivity contribution < 1.29 is 23.1 Å². The number of aromatic nitrogens is 1. The standard InChI is InChI=1S/C10H5ClF3NO2/c11-5-1-4-2-7(9(16)17)15-8(4)6(3-5)10(12,13)14/h1-3,15H,(H,16,17). The van der Waals surface area contributed by atoms with E-state index in [2.05, 4.69) is 4.98 Å². The van der Waals surface area contributed by atoms with Crippen LogP contribution in [0.25, 0.3) is 10.9 Å². The van der Waals surface area contributed by atoms with Gasteiger partial charge in [0.2, 0.25) is 0 Å². The van der Waals surface area contributed by atoms with Crippen LogP contribution in [0.5, 0.6) is 0 Å². The predicted molar refractivity (Wildman–Crippen MR) is 55.3 cm³/mol. The quantitative estimate of drug-likeness (QED) is 0.827. The topological polar surface area (TPSA) is 53.1 Å². The van der Waals surface area contributed by atoms with Crippen LogP contribution in [0.15, 0.2) is 18.2 Å². The predicted octanol–water partition coefficient (Wildman–Crippen LogP) is 3.54. The van der Waals surface area contributed by atoms with Gasteiger partial charge in [0.25, 0.3) is 0 Å². The SMILES string of the molecule is O=C(O)c1cc2cc(Cl)cc(C(F)(F)F)c2[nH]1. The first-order valence-corrected chi connectivity index (χ1v) is 4.79. The minimum Gasteiger partial charge on any atom is -0.477 e. The number of hydrogen-bond donors (Lipinski definition) is 2. The van der Waals surface area contributed by atoms with Crippen molar-refractivity contribution in [2.45, 2.75) is 6.18 Å². The molecule has 0 bridgehead atoms. The van der Waals surface area contributed by atoms with E-state index in [4.69, 9.17) is 16.7 Å². The summed E-state index contributed by atoms with van der Waals surface area (Å²) in [6.07, 6.45) is -4.59. The van der Waals surface area contributed by atoms with Gasteiger partial charge in [-0.25, -0.2) is 4.79 Å². The molecular formula is C10H5ClF3NO2. The minimum atomic E-state index is -4.59. The largest absolute Gasteiger partial charge is 0.477 e.